The minimum atomic E-state index is -4.61. The first-order chi connectivity index (χ1) is 7.86. The summed E-state index contributed by atoms with van der Waals surface area (Å²) in [6, 6.07) is 2.18. The second kappa shape index (κ2) is 4.81. The number of benzene rings is 1. The van der Waals surface area contributed by atoms with E-state index >= 15 is 0 Å². The van der Waals surface area contributed by atoms with Gasteiger partial charge in [-0.25, -0.2) is 0 Å². The number of hydrogen-bond donors (Lipinski definition) is 1. The Kier molecular flexibility index (Phi) is 3.66. The molecule has 17 heavy (non-hydrogen) atoms. The number of anilines is 1. The summed E-state index contributed by atoms with van der Waals surface area (Å²) < 4.78 is 37.0. The van der Waals surface area contributed by atoms with Crippen molar-refractivity contribution < 1.29 is 18.1 Å². The van der Waals surface area contributed by atoms with Gasteiger partial charge in [-0.05, 0) is 19.1 Å². The van der Waals surface area contributed by atoms with Crippen LogP contribution in [0.2, 0.25) is 0 Å². The van der Waals surface area contributed by atoms with Crippen molar-refractivity contribution in [1.82, 2.24) is 0 Å². The Hall–Kier alpha value is -2.12. The van der Waals surface area contributed by atoms with Gasteiger partial charge in [0.2, 0.25) is 0 Å². The lowest BCUT2D eigenvalue weighted by molar-refractivity contribution is -0.384. The number of alkyl halides is 3. The molecule has 0 amide bonds. The van der Waals surface area contributed by atoms with Crippen molar-refractivity contribution in [3.63, 3.8) is 0 Å². The van der Waals surface area contributed by atoms with Crippen molar-refractivity contribution in [3.05, 3.63) is 33.9 Å². The monoisotopic (exact) mass is 247 g/mol. The molecule has 0 saturated heterocycles. The number of hydrogen-bond acceptors (Lipinski definition) is 4. The number of halogens is 3. The van der Waals surface area contributed by atoms with E-state index in [1.807, 2.05) is 0 Å². The first-order valence-electron chi connectivity index (χ1n) is 4.45. The van der Waals surface area contributed by atoms with Crippen LogP contribution in [0.25, 0.3) is 0 Å². The zero-order chi connectivity index (χ0) is 13.1. The summed E-state index contributed by atoms with van der Waals surface area (Å²) in [4.78, 5) is 9.71. The van der Waals surface area contributed by atoms with Crippen molar-refractivity contribution in [2.75, 3.05) is 5.43 Å². The average molecular weight is 247 g/mol. The lowest BCUT2D eigenvalue weighted by Gasteiger charge is -2.08. The van der Waals surface area contributed by atoms with Crippen LogP contribution >= 0.6 is 0 Å². The third kappa shape index (κ3) is 3.16. The standard InChI is InChI=1S/C9H8F3N3O2/c1-2-13-14-7-4-3-6(9(10,11)12)5-8(7)15(16)17/h2-5,14H,1H3/b13-2+. The van der Waals surface area contributed by atoms with Crippen molar-refractivity contribution in [2.45, 2.75) is 13.1 Å². The smallest absolute Gasteiger partial charge is 0.272 e. The van der Waals surface area contributed by atoms with Crippen LogP contribution in [0.5, 0.6) is 0 Å². The molecule has 0 bridgehead atoms. The van der Waals surface area contributed by atoms with Crippen LogP contribution in [-0.4, -0.2) is 11.1 Å². The molecular formula is C9H8F3N3O2. The molecule has 1 aromatic carbocycles. The molecule has 1 N–H and O–H groups in total. The second-order valence-corrected chi connectivity index (χ2v) is 2.99. The van der Waals surface area contributed by atoms with Crippen LogP contribution in [0.15, 0.2) is 23.3 Å². The Bertz CT molecular complexity index is 457. The number of rotatable bonds is 3. The molecule has 0 saturated carbocycles. The molecule has 0 aliphatic carbocycles. The van der Waals surface area contributed by atoms with E-state index in [-0.39, 0.29) is 5.69 Å². The van der Waals surface area contributed by atoms with Crippen molar-refractivity contribution in [2.24, 2.45) is 5.10 Å². The van der Waals surface area contributed by atoms with E-state index in [1.54, 1.807) is 6.92 Å². The topological polar surface area (TPSA) is 67.5 Å². The van der Waals surface area contributed by atoms with Crippen LogP contribution < -0.4 is 5.43 Å². The first-order valence-corrected chi connectivity index (χ1v) is 4.45. The molecule has 0 spiro atoms. The Balaban J connectivity index is 3.22. The minimum absolute atomic E-state index is 0.0962. The molecule has 0 fully saturated rings. The minimum Gasteiger partial charge on any atom is -0.272 e. The van der Waals surface area contributed by atoms with E-state index < -0.39 is 22.4 Å². The van der Waals surface area contributed by atoms with E-state index in [0.717, 1.165) is 12.1 Å². The highest BCUT2D eigenvalue weighted by molar-refractivity contribution is 5.64. The van der Waals surface area contributed by atoms with Gasteiger partial charge < -0.3 is 0 Å². The van der Waals surface area contributed by atoms with E-state index in [1.165, 1.54) is 6.21 Å². The summed E-state index contributed by atoms with van der Waals surface area (Å²) in [5.41, 5.74) is 0.438. The largest absolute Gasteiger partial charge is 0.416 e. The van der Waals surface area contributed by atoms with E-state index in [4.69, 9.17) is 0 Å². The molecule has 5 nitrogen and oxygen atoms in total. The van der Waals surface area contributed by atoms with Gasteiger partial charge in [-0.3, -0.25) is 15.5 Å². The lowest BCUT2D eigenvalue weighted by Crippen LogP contribution is -2.06. The molecule has 0 aliphatic rings. The Labute approximate surface area is 94.1 Å². The van der Waals surface area contributed by atoms with E-state index in [0.29, 0.717) is 6.07 Å². The molecule has 92 valence electrons. The van der Waals surface area contributed by atoms with Gasteiger partial charge >= 0.3 is 6.18 Å². The first kappa shape index (κ1) is 12.9. The molecule has 1 aromatic rings. The molecular weight excluding hydrogens is 239 g/mol. The van der Waals surface area contributed by atoms with Crippen molar-refractivity contribution in [1.29, 1.82) is 0 Å². The number of nitrogens with zero attached hydrogens (tertiary/aromatic N) is 2. The SMILES string of the molecule is C/C=N/Nc1ccc(C(F)(F)F)cc1[N+](=O)[O-]. The molecule has 8 heteroatoms. The van der Waals surface area contributed by atoms with Gasteiger partial charge in [-0.2, -0.15) is 18.3 Å². The van der Waals surface area contributed by atoms with Gasteiger partial charge in [0.25, 0.3) is 5.69 Å². The summed E-state index contributed by atoms with van der Waals surface area (Å²) >= 11 is 0. The van der Waals surface area contributed by atoms with Crippen molar-refractivity contribution in [3.8, 4) is 0 Å². The maximum absolute atomic E-state index is 12.3. The van der Waals surface area contributed by atoms with Crippen LogP contribution in [0.4, 0.5) is 24.5 Å². The highest BCUT2D eigenvalue weighted by atomic mass is 19.4. The second-order valence-electron chi connectivity index (χ2n) is 2.99. The molecule has 1 rings (SSSR count). The van der Waals surface area contributed by atoms with Gasteiger partial charge in [-0.15, -0.1) is 0 Å². The van der Waals surface area contributed by atoms with Crippen LogP contribution in [0.1, 0.15) is 12.5 Å². The Morgan fingerprint density at radius 2 is 2.12 bits per heavy atom. The number of hydrazone groups is 1. The Morgan fingerprint density at radius 1 is 1.47 bits per heavy atom. The fourth-order valence-corrected chi connectivity index (χ4v) is 1.09. The summed E-state index contributed by atoms with van der Waals surface area (Å²) in [7, 11) is 0. The molecule has 0 heterocycles. The predicted octanol–water partition coefficient (Wildman–Crippen LogP) is 3.03. The van der Waals surface area contributed by atoms with Crippen molar-refractivity contribution >= 4 is 17.6 Å². The zero-order valence-corrected chi connectivity index (χ0v) is 8.65. The molecule has 0 radical (unpaired) electrons. The van der Waals surface area contributed by atoms with Gasteiger partial charge in [0.15, 0.2) is 0 Å². The van der Waals surface area contributed by atoms with Gasteiger partial charge in [0.05, 0.1) is 10.5 Å². The highest BCUT2D eigenvalue weighted by Gasteiger charge is 2.32. The molecule has 0 aromatic heterocycles. The van der Waals surface area contributed by atoms with E-state index in [2.05, 4.69) is 10.5 Å². The zero-order valence-electron chi connectivity index (χ0n) is 8.65. The van der Waals surface area contributed by atoms with Gasteiger partial charge in [-0.1, -0.05) is 0 Å². The van der Waals surface area contributed by atoms with E-state index in [9.17, 15) is 23.3 Å². The fraction of sp³-hybridized carbons (Fsp3) is 0.222. The summed E-state index contributed by atoms with van der Waals surface area (Å²) in [6.45, 7) is 1.56. The predicted molar refractivity (Wildman–Crippen MR) is 55.9 cm³/mol. The maximum Gasteiger partial charge on any atom is 0.416 e. The molecule has 0 atom stereocenters. The maximum atomic E-state index is 12.3. The number of nitro benzene ring substituents is 1. The number of nitro groups is 1. The van der Waals surface area contributed by atoms with Crippen LogP contribution in [0, 0.1) is 10.1 Å². The molecule has 0 unspecified atom stereocenters. The quantitative estimate of drug-likeness (QED) is 0.507. The summed E-state index contributed by atoms with van der Waals surface area (Å²) in [6.07, 6.45) is -3.29. The normalized spacial score (nSPS) is 11.8. The third-order valence-corrected chi connectivity index (χ3v) is 1.84. The number of nitrogens with one attached hydrogen (secondary N) is 1. The van der Waals surface area contributed by atoms with Gasteiger partial charge in [0.1, 0.15) is 5.69 Å². The third-order valence-electron chi connectivity index (χ3n) is 1.84. The molecule has 0 aliphatic heterocycles. The average Bonchev–Trinajstić information content (AvgIpc) is 2.24. The van der Waals surface area contributed by atoms with Crippen LogP contribution in [-0.2, 0) is 6.18 Å². The van der Waals surface area contributed by atoms with Crippen LogP contribution in [0.3, 0.4) is 0 Å². The summed E-state index contributed by atoms with van der Waals surface area (Å²) in [5, 5.41) is 14.1. The lowest BCUT2D eigenvalue weighted by atomic mass is 10.1. The van der Waals surface area contributed by atoms with Gasteiger partial charge in [0, 0.05) is 12.3 Å². The fourth-order valence-electron chi connectivity index (χ4n) is 1.09. The summed E-state index contributed by atoms with van der Waals surface area (Å²) in [5.74, 6) is 0. The highest BCUT2D eigenvalue weighted by Crippen LogP contribution is 2.34. The Morgan fingerprint density at radius 3 is 2.59 bits per heavy atom.